The first-order valence-corrected chi connectivity index (χ1v) is 5.44. The van der Waals surface area contributed by atoms with E-state index < -0.39 is 11.4 Å². The Morgan fingerprint density at radius 2 is 1.86 bits per heavy atom. The lowest BCUT2D eigenvalue weighted by atomic mass is 9.67. The molecular weight excluding hydrogens is 180 g/mol. The number of carbonyl (C=O) groups is 2. The summed E-state index contributed by atoms with van der Waals surface area (Å²) in [5, 5.41) is 9.22. The van der Waals surface area contributed by atoms with Crippen molar-refractivity contribution in [2.75, 3.05) is 0 Å². The fourth-order valence-electron chi connectivity index (χ4n) is 2.96. The molecule has 0 aromatic carbocycles. The van der Waals surface area contributed by atoms with Crippen LogP contribution in [0.15, 0.2) is 0 Å². The molecule has 2 rings (SSSR count). The highest BCUT2D eigenvalue weighted by atomic mass is 16.4. The maximum Gasteiger partial charge on any atom is 0.317 e. The molecule has 3 nitrogen and oxygen atoms in total. The van der Waals surface area contributed by atoms with Crippen LogP contribution in [-0.4, -0.2) is 16.9 Å². The van der Waals surface area contributed by atoms with Gasteiger partial charge in [-0.3, -0.25) is 9.59 Å². The van der Waals surface area contributed by atoms with Crippen LogP contribution in [0.1, 0.15) is 44.9 Å². The summed E-state index contributed by atoms with van der Waals surface area (Å²) in [6.45, 7) is 0. The van der Waals surface area contributed by atoms with E-state index in [1.165, 1.54) is 0 Å². The maximum atomic E-state index is 12.0. The molecule has 0 spiro atoms. The standard InChI is InChI=1S/C11H16O3/c12-9-8-4-1-2-6-11(9,10(13)14)7-3-5-8/h8H,1-7H2,(H,13,14)/t8-,11+/m1/s1. The number of rotatable bonds is 1. The molecule has 0 aliphatic heterocycles. The van der Waals surface area contributed by atoms with E-state index in [1.807, 2.05) is 0 Å². The van der Waals surface area contributed by atoms with Gasteiger partial charge in [0.05, 0.1) is 0 Å². The Bertz CT molecular complexity index is 272. The van der Waals surface area contributed by atoms with Crippen LogP contribution in [0.5, 0.6) is 0 Å². The van der Waals surface area contributed by atoms with E-state index >= 15 is 0 Å². The van der Waals surface area contributed by atoms with Crippen LogP contribution >= 0.6 is 0 Å². The number of carboxylic acids is 1. The number of ketones is 1. The lowest BCUT2D eigenvalue weighted by Crippen LogP contribution is -2.44. The number of fused-ring (bicyclic) bond motifs is 2. The average molecular weight is 196 g/mol. The third-order valence-electron chi connectivity index (χ3n) is 3.81. The van der Waals surface area contributed by atoms with Crippen molar-refractivity contribution in [3.8, 4) is 0 Å². The zero-order valence-corrected chi connectivity index (χ0v) is 8.29. The first-order valence-electron chi connectivity index (χ1n) is 5.44. The average Bonchev–Trinajstić information content (AvgIpc) is 2.27. The van der Waals surface area contributed by atoms with Gasteiger partial charge >= 0.3 is 5.97 Å². The van der Waals surface area contributed by atoms with Gasteiger partial charge in [-0.25, -0.2) is 0 Å². The zero-order valence-electron chi connectivity index (χ0n) is 8.29. The number of hydrogen-bond donors (Lipinski definition) is 1. The van der Waals surface area contributed by atoms with E-state index in [0.717, 1.165) is 32.1 Å². The van der Waals surface area contributed by atoms with Gasteiger partial charge in [0.2, 0.25) is 0 Å². The van der Waals surface area contributed by atoms with Crippen molar-refractivity contribution in [1.29, 1.82) is 0 Å². The van der Waals surface area contributed by atoms with Gasteiger partial charge in [-0.15, -0.1) is 0 Å². The molecule has 2 bridgehead atoms. The van der Waals surface area contributed by atoms with Crippen LogP contribution in [-0.2, 0) is 9.59 Å². The molecule has 0 amide bonds. The quantitative estimate of drug-likeness (QED) is 0.652. The van der Waals surface area contributed by atoms with E-state index in [0.29, 0.717) is 12.8 Å². The molecule has 14 heavy (non-hydrogen) atoms. The third kappa shape index (κ3) is 1.26. The van der Waals surface area contributed by atoms with Gasteiger partial charge in [0.1, 0.15) is 5.41 Å². The van der Waals surface area contributed by atoms with Crippen molar-refractivity contribution in [3.05, 3.63) is 0 Å². The molecule has 2 fully saturated rings. The number of carbonyl (C=O) groups excluding carboxylic acids is 1. The fraction of sp³-hybridized carbons (Fsp3) is 0.818. The van der Waals surface area contributed by atoms with Crippen molar-refractivity contribution < 1.29 is 14.7 Å². The molecule has 0 heterocycles. The Balaban J connectivity index is 2.34. The van der Waals surface area contributed by atoms with Crippen LogP contribution in [0, 0.1) is 11.3 Å². The molecule has 3 heteroatoms. The van der Waals surface area contributed by atoms with Gasteiger partial charge in [-0.1, -0.05) is 19.3 Å². The Labute approximate surface area is 83.5 Å². The highest BCUT2D eigenvalue weighted by molar-refractivity contribution is 6.04. The van der Waals surface area contributed by atoms with Crippen LogP contribution in [0.3, 0.4) is 0 Å². The molecule has 0 unspecified atom stereocenters. The summed E-state index contributed by atoms with van der Waals surface area (Å²) in [5.41, 5.74) is -1.00. The zero-order chi connectivity index (χ0) is 10.2. The van der Waals surface area contributed by atoms with E-state index in [4.69, 9.17) is 0 Å². The number of Topliss-reactive ketones (excluding diaryl/α,β-unsaturated/α-hetero) is 1. The predicted octanol–water partition coefficient (Wildman–Crippen LogP) is 2.00. The van der Waals surface area contributed by atoms with E-state index in [-0.39, 0.29) is 11.7 Å². The highest BCUT2D eigenvalue weighted by Gasteiger charge is 2.50. The summed E-state index contributed by atoms with van der Waals surface area (Å²) in [5.74, 6) is -0.815. The summed E-state index contributed by atoms with van der Waals surface area (Å²) >= 11 is 0. The summed E-state index contributed by atoms with van der Waals surface area (Å²) < 4.78 is 0. The molecule has 0 radical (unpaired) electrons. The second-order valence-corrected chi connectivity index (χ2v) is 4.59. The predicted molar refractivity (Wildman–Crippen MR) is 50.9 cm³/mol. The number of carboxylic acid groups (broad SMARTS) is 1. The molecule has 1 N–H and O–H groups in total. The monoisotopic (exact) mass is 196 g/mol. The smallest absolute Gasteiger partial charge is 0.317 e. The van der Waals surface area contributed by atoms with Gasteiger partial charge in [-0.2, -0.15) is 0 Å². The summed E-state index contributed by atoms with van der Waals surface area (Å²) in [4.78, 5) is 23.2. The van der Waals surface area contributed by atoms with Crippen molar-refractivity contribution in [2.45, 2.75) is 44.9 Å². The third-order valence-corrected chi connectivity index (χ3v) is 3.81. The second-order valence-electron chi connectivity index (χ2n) is 4.59. The minimum Gasteiger partial charge on any atom is -0.480 e. The maximum absolute atomic E-state index is 12.0. The molecule has 0 aromatic heterocycles. The normalized spacial score (nSPS) is 37.7. The van der Waals surface area contributed by atoms with E-state index in [2.05, 4.69) is 0 Å². The van der Waals surface area contributed by atoms with Crippen LogP contribution in [0.2, 0.25) is 0 Å². The Morgan fingerprint density at radius 3 is 2.57 bits per heavy atom. The Kier molecular flexibility index (Phi) is 2.33. The number of hydrogen-bond acceptors (Lipinski definition) is 2. The molecule has 2 aliphatic rings. The van der Waals surface area contributed by atoms with Gasteiger partial charge in [0.15, 0.2) is 5.78 Å². The van der Waals surface area contributed by atoms with Crippen LogP contribution < -0.4 is 0 Å². The lowest BCUT2D eigenvalue weighted by Gasteiger charge is -2.33. The van der Waals surface area contributed by atoms with Crippen molar-refractivity contribution in [2.24, 2.45) is 11.3 Å². The molecular formula is C11H16O3. The van der Waals surface area contributed by atoms with Gasteiger partial charge in [0.25, 0.3) is 0 Å². The first-order chi connectivity index (χ1) is 6.67. The van der Waals surface area contributed by atoms with Crippen molar-refractivity contribution in [1.82, 2.24) is 0 Å². The minimum atomic E-state index is -1.00. The Hall–Kier alpha value is -0.860. The minimum absolute atomic E-state index is 0.0220. The summed E-state index contributed by atoms with van der Waals surface area (Å²) in [7, 11) is 0. The fourth-order valence-corrected chi connectivity index (χ4v) is 2.96. The molecule has 2 saturated carbocycles. The number of aliphatic carboxylic acids is 1. The molecule has 0 saturated heterocycles. The second kappa shape index (κ2) is 3.37. The Morgan fingerprint density at radius 1 is 1.21 bits per heavy atom. The van der Waals surface area contributed by atoms with E-state index in [9.17, 15) is 14.7 Å². The van der Waals surface area contributed by atoms with Crippen molar-refractivity contribution in [3.63, 3.8) is 0 Å². The van der Waals surface area contributed by atoms with Crippen molar-refractivity contribution >= 4 is 11.8 Å². The summed E-state index contributed by atoms with van der Waals surface area (Å²) in [6, 6.07) is 0. The largest absolute Gasteiger partial charge is 0.480 e. The van der Waals surface area contributed by atoms with Gasteiger partial charge in [-0.05, 0) is 25.7 Å². The lowest BCUT2D eigenvalue weighted by molar-refractivity contribution is -0.159. The topological polar surface area (TPSA) is 54.4 Å². The van der Waals surface area contributed by atoms with Crippen LogP contribution in [0.4, 0.5) is 0 Å². The molecule has 78 valence electrons. The first kappa shape index (κ1) is 9.69. The van der Waals surface area contributed by atoms with Crippen LogP contribution in [0.25, 0.3) is 0 Å². The summed E-state index contributed by atoms with van der Waals surface area (Å²) in [6.07, 6.45) is 5.78. The van der Waals surface area contributed by atoms with E-state index in [1.54, 1.807) is 0 Å². The molecule has 0 aromatic rings. The molecule has 2 atom stereocenters. The SMILES string of the molecule is O=C(O)[C@@]12CCCC[C@H](CCC1)C2=O. The van der Waals surface area contributed by atoms with Gasteiger partial charge < -0.3 is 5.11 Å². The highest BCUT2D eigenvalue weighted by Crippen LogP contribution is 2.44. The van der Waals surface area contributed by atoms with Gasteiger partial charge in [0, 0.05) is 5.92 Å². The molecule has 2 aliphatic carbocycles.